The first kappa shape index (κ1) is 23.9. The van der Waals surface area contributed by atoms with E-state index in [0.717, 1.165) is 39.3 Å². The fourth-order valence-electron chi connectivity index (χ4n) is 4.73. The highest BCUT2D eigenvalue weighted by molar-refractivity contribution is 7.89. The van der Waals surface area contributed by atoms with Crippen molar-refractivity contribution in [1.82, 2.24) is 14.2 Å². The number of nitrogens with zero attached hydrogens (tertiary/aromatic N) is 4. The van der Waals surface area contributed by atoms with E-state index in [1.807, 2.05) is 121 Å². The van der Waals surface area contributed by atoms with Crippen LogP contribution in [0.3, 0.4) is 0 Å². The Hall–Kier alpha value is -4.49. The van der Waals surface area contributed by atoms with Crippen LogP contribution in [0.15, 0.2) is 131 Å². The van der Waals surface area contributed by atoms with Gasteiger partial charge in [-0.25, -0.2) is 4.68 Å². The third-order valence-electron chi connectivity index (χ3n) is 6.71. The maximum Gasteiger partial charge on any atom is 0.279 e. The van der Waals surface area contributed by atoms with E-state index in [0.29, 0.717) is 6.42 Å². The van der Waals surface area contributed by atoms with Gasteiger partial charge in [-0.05, 0) is 36.8 Å². The summed E-state index contributed by atoms with van der Waals surface area (Å²) in [5.74, 6) is 0. The summed E-state index contributed by atoms with van der Waals surface area (Å²) in [5.41, 5.74) is 5.95. The van der Waals surface area contributed by atoms with Crippen LogP contribution >= 0.6 is 0 Å². The smallest absolute Gasteiger partial charge is 0.240 e. The molecule has 0 fully saturated rings. The first-order valence-corrected chi connectivity index (χ1v) is 13.9. The predicted molar refractivity (Wildman–Crippen MR) is 150 cm³/mol. The number of para-hydroxylation sites is 1. The van der Waals surface area contributed by atoms with Gasteiger partial charge in [0.15, 0.2) is 0 Å². The molecule has 0 saturated heterocycles. The lowest BCUT2D eigenvalue weighted by atomic mass is 9.97. The highest BCUT2D eigenvalue weighted by atomic mass is 32.2. The van der Waals surface area contributed by atoms with E-state index in [1.54, 1.807) is 12.1 Å². The van der Waals surface area contributed by atoms with E-state index < -0.39 is 16.1 Å². The molecule has 6 rings (SSSR count). The quantitative estimate of drug-likeness (QED) is 0.262. The molecule has 0 aliphatic carbocycles. The van der Waals surface area contributed by atoms with Crippen LogP contribution < -0.4 is 0 Å². The van der Waals surface area contributed by atoms with Gasteiger partial charge in [0.1, 0.15) is 0 Å². The van der Waals surface area contributed by atoms with Crippen molar-refractivity contribution >= 4 is 15.7 Å². The van der Waals surface area contributed by atoms with Crippen molar-refractivity contribution in [2.24, 2.45) is 5.10 Å². The van der Waals surface area contributed by atoms with Crippen molar-refractivity contribution in [3.63, 3.8) is 0 Å². The van der Waals surface area contributed by atoms with Crippen molar-refractivity contribution in [3.05, 3.63) is 138 Å². The first-order chi connectivity index (χ1) is 18.5. The zero-order chi connectivity index (χ0) is 26.1. The fourth-order valence-corrected chi connectivity index (χ4v) is 6.15. The highest BCUT2D eigenvalue weighted by Crippen LogP contribution is 2.41. The minimum absolute atomic E-state index is 0.211. The Labute approximate surface area is 222 Å². The Morgan fingerprint density at radius 1 is 0.737 bits per heavy atom. The molecule has 7 heteroatoms. The molecule has 188 valence electrons. The summed E-state index contributed by atoms with van der Waals surface area (Å²) in [7, 11) is -3.94. The molecule has 0 bridgehead atoms. The van der Waals surface area contributed by atoms with Gasteiger partial charge in [-0.15, -0.1) is 0 Å². The Morgan fingerprint density at radius 2 is 1.32 bits per heavy atom. The molecule has 1 aliphatic rings. The van der Waals surface area contributed by atoms with Crippen molar-refractivity contribution in [3.8, 4) is 16.9 Å². The van der Waals surface area contributed by atoms with E-state index in [4.69, 9.17) is 10.2 Å². The number of aryl methyl sites for hydroxylation is 1. The average Bonchev–Trinajstić information content (AvgIpc) is 3.61. The SMILES string of the molecule is Cc1ccc(S(=O)(=O)N2N=C(c3ccccc3)CC2c2cn(-c3ccccc3)nc2-c2ccccc2)cc1. The van der Waals surface area contributed by atoms with Crippen LogP contribution in [0, 0.1) is 6.92 Å². The summed E-state index contributed by atoms with van der Waals surface area (Å²) in [6, 6.07) is 35.8. The van der Waals surface area contributed by atoms with Gasteiger partial charge in [0.2, 0.25) is 0 Å². The average molecular weight is 519 g/mol. The summed E-state index contributed by atoms with van der Waals surface area (Å²) in [4.78, 5) is 0.211. The lowest BCUT2D eigenvalue weighted by Gasteiger charge is -2.23. The molecule has 1 aliphatic heterocycles. The summed E-state index contributed by atoms with van der Waals surface area (Å²) in [6.07, 6.45) is 2.36. The van der Waals surface area contributed by atoms with E-state index in [2.05, 4.69) is 0 Å². The maximum absolute atomic E-state index is 14.0. The molecule has 0 saturated carbocycles. The van der Waals surface area contributed by atoms with Crippen molar-refractivity contribution < 1.29 is 8.42 Å². The predicted octanol–water partition coefficient (Wildman–Crippen LogP) is 6.39. The van der Waals surface area contributed by atoms with Crippen LogP contribution in [0.1, 0.15) is 29.2 Å². The summed E-state index contributed by atoms with van der Waals surface area (Å²) in [6.45, 7) is 1.94. The number of benzene rings is 4. The third-order valence-corrected chi connectivity index (χ3v) is 8.41. The number of hydrazone groups is 1. The van der Waals surface area contributed by atoms with Gasteiger partial charge in [0.05, 0.1) is 28.0 Å². The molecule has 0 amide bonds. The van der Waals surface area contributed by atoms with Crippen LogP contribution in [0.4, 0.5) is 0 Å². The normalized spacial score (nSPS) is 15.4. The number of rotatable bonds is 6. The molecule has 1 aromatic heterocycles. The monoisotopic (exact) mass is 518 g/mol. The molecule has 5 aromatic rings. The fraction of sp³-hybridized carbons (Fsp3) is 0.0968. The third kappa shape index (κ3) is 4.41. The van der Waals surface area contributed by atoms with E-state index in [-0.39, 0.29) is 4.90 Å². The van der Waals surface area contributed by atoms with Gasteiger partial charge < -0.3 is 0 Å². The molecule has 1 atom stereocenters. The van der Waals surface area contributed by atoms with E-state index >= 15 is 0 Å². The standard InChI is InChI=1S/C31H26N4O2S/c1-23-17-19-27(20-18-23)38(36,37)35-30(21-29(32-35)24-11-5-2-6-12-24)28-22-34(26-15-9-4-10-16-26)33-31(28)25-13-7-3-8-14-25/h2-20,22,30H,21H2,1H3. The molecule has 0 radical (unpaired) electrons. The van der Waals surface area contributed by atoms with Crippen LogP contribution in [0.25, 0.3) is 16.9 Å². The summed E-state index contributed by atoms with van der Waals surface area (Å²) < 4.78 is 31.1. The number of hydrogen-bond donors (Lipinski definition) is 0. The molecule has 0 N–H and O–H groups in total. The van der Waals surface area contributed by atoms with Gasteiger partial charge in [-0.2, -0.15) is 23.0 Å². The largest absolute Gasteiger partial charge is 0.279 e. The molecular formula is C31H26N4O2S. The van der Waals surface area contributed by atoms with Gasteiger partial charge >= 0.3 is 0 Å². The Bertz CT molecular complexity index is 1700. The Kier molecular flexibility index (Phi) is 6.13. The van der Waals surface area contributed by atoms with Gasteiger partial charge in [-0.3, -0.25) is 0 Å². The second kappa shape index (κ2) is 9.76. The van der Waals surface area contributed by atoms with Crippen molar-refractivity contribution in [2.75, 3.05) is 0 Å². The minimum Gasteiger partial charge on any atom is -0.240 e. The summed E-state index contributed by atoms with van der Waals surface area (Å²) >= 11 is 0. The van der Waals surface area contributed by atoms with Gasteiger partial charge in [0.25, 0.3) is 10.0 Å². The van der Waals surface area contributed by atoms with Crippen LogP contribution in [-0.2, 0) is 10.0 Å². The second-order valence-electron chi connectivity index (χ2n) is 9.30. The molecule has 6 nitrogen and oxygen atoms in total. The molecule has 4 aromatic carbocycles. The molecule has 0 spiro atoms. The van der Waals surface area contributed by atoms with Crippen molar-refractivity contribution in [2.45, 2.75) is 24.3 Å². The zero-order valence-corrected chi connectivity index (χ0v) is 21.7. The first-order valence-electron chi connectivity index (χ1n) is 12.4. The topological polar surface area (TPSA) is 67.6 Å². The maximum atomic E-state index is 14.0. The molecular weight excluding hydrogens is 492 g/mol. The molecule has 38 heavy (non-hydrogen) atoms. The minimum atomic E-state index is -3.94. The highest BCUT2D eigenvalue weighted by Gasteiger charge is 2.40. The zero-order valence-electron chi connectivity index (χ0n) is 20.8. The van der Waals surface area contributed by atoms with Crippen molar-refractivity contribution in [1.29, 1.82) is 0 Å². The van der Waals surface area contributed by atoms with E-state index in [9.17, 15) is 8.42 Å². The van der Waals surface area contributed by atoms with E-state index in [1.165, 1.54) is 4.41 Å². The number of aromatic nitrogens is 2. The molecule has 1 unspecified atom stereocenters. The number of sulfonamides is 1. The Morgan fingerprint density at radius 3 is 1.95 bits per heavy atom. The Balaban J connectivity index is 1.52. The van der Waals surface area contributed by atoms with Gasteiger partial charge in [0, 0.05) is 23.7 Å². The second-order valence-corrected chi connectivity index (χ2v) is 11.1. The van der Waals surface area contributed by atoms with Gasteiger partial charge in [-0.1, -0.05) is 96.6 Å². The summed E-state index contributed by atoms with van der Waals surface area (Å²) in [5, 5.41) is 9.67. The lowest BCUT2D eigenvalue weighted by molar-refractivity contribution is 0.372. The van der Waals surface area contributed by atoms with Crippen LogP contribution in [0.5, 0.6) is 0 Å². The lowest BCUT2D eigenvalue weighted by Crippen LogP contribution is -2.27. The number of hydrogen-bond acceptors (Lipinski definition) is 4. The molecule has 2 heterocycles. The van der Waals surface area contributed by atoms with Crippen LogP contribution in [0.2, 0.25) is 0 Å². The van der Waals surface area contributed by atoms with Crippen LogP contribution in [-0.4, -0.2) is 28.3 Å².